The van der Waals surface area contributed by atoms with E-state index in [4.69, 9.17) is 0 Å². The number of aliphatic hydroxyl groups is 1. The Morgan fingerprint density at radius 2 is 2.19 bits per heavy atom. The molecule has 2 aromatic heterocycles. The van der Waals surface area contributed by atoms with Crippen LogP contribution < -0.4 is 5.32 Å². The SMILES string of the molecule is Cc1ncsc1CCCNC(=O)N1CCC([C@@H](O)c2ccccn2)CC1. The van der Waals surface area contributed by atoms with Crippen LogP contribution in [0.25, 0.3) is 0 Å². The van der Waals surface area contributed by atoms with Crippen LogP contribution in [0.1, 0.15) is 41.6 Å². The van der Waals surface area contributed by atoms with Gasteiger partial charge in [0.2, 0.25) is 0 Å². The predicted molar refractivity (Wildman–Crippen MR) is 102 cm³/mol. The maximum absolute atomic E-state index is 12.3. The lowest BCUT2D eigenvalue weighted by Crippen LogP contribution is -2.45. The Morgan fingerprint density at radius 3 is 2.85 bits per heavy atom. The van der Waals surface area contributed by atoms with E-state index in [0.717, 1.165) is 31.4 Å². The summed E-state index contributed by atoms with van der Waals surface area (Å²) in [7, 11) is 0. The van der Waals surface area contributed by atoms with Gasteiger partial charge in [-0.05, 0) is 50.7 Å². The van der Waals surface area contributed by atoms with Gasteiger partial charge in [0.25, 0.3) is 0 Å². The zero-order valence-corrected chi connectivity index (χ0v) is 15.9. The van der Waals surface area contributed by atoms with Gasteiger partial charge in [-0.3, -0.25) is 4.98 Å². The van der Waals surface area contributed by atoms with Crippen molar-refractivity contribution in [1.29, 1.82) is 0 Å². The topological polar surface area (TPSA) is 78.4 Å². The minimum Gasteiger partial charge on any atom is -0.387 e. The third-order valence-corrected chi connectivity index (χ3v) is 5.96. The van der Waals surface area contributed by atoms with Gasteiger partial charge >= 0.3 is 6.03 Å². The number of thiazole rings is 1. The number of aliphatic hydroxyl groups excluding tert-OH is 1. The fourth-order valence-corrected chi connectivity index (χ4v) is 4.16. The number of hydrogen-bond donors (Lipinski definition) is 2. The maximum Gasteiger partial charge on any atom is 0.317 e. The Bertz CT molecular complexity index is 699. The van der Waals surface area contributed by atoms with Crippen molar-refractivity contribution in [3.63, 3.8) is 0 Å². The lowest BCUT2D eigenvalue weighted by atomic mass is 9.89. The molecular formula is C19H26N4O2S. The second-order valence-electron chi connectivity index (χ2n) is 6.72. The molecule has 1 saturated heterocycles. The van der Waals surface area contributed by atoms with E-state index < -0.39 is 6.10 Å². The molecule has 0 unspecified atom stereocenters. The summed E-state index contributed by atoms with van der Waals surface area (Å²) < 4.78 is 0. The van der Waals surface area contributed by atoms with Crippen molar-refractivity contribution < 1.29 is 9.90 Å². The zero-order valence-electron chi connectivity index (χ0n) is 15.1. The molecule has 3 rings (SSSR count). The standard InChI is InChI=1S/C19H26N4O2S/c1-14-17(26-13-22-14)6-4-10-21-19(25)23-11-7-15(8-12-23)18(24)16-5-2-3-9-20-16/h2-3,5,9,13,15,18,24H,4,6-8,10-12H2,1H3,(H,21,25)/t18-/m1/s1. The Kier molecular flexibility index (Phi) is 6.57. The monoisotopic (exact) mass is 374 g/mol. The van der Waals surface area contributed by atoms with Gasteiger partial charge in [-0.1, -0.05) is 6.07 Å². The lowest BCUT2D eigenvalue weighted by Gasteiger charge is -2.34. The average Bonchev–Trinajstić information content (AvgIpc) is 3.10. The van der Waals surface area contributed by atoms with Gasteiger partial charge in [0.1, 0.15) is 0 Å². The summed E-state index contributed by atoms with van der Waals surface area (Å²) in [6.07, 6.45) is 4.62. The van der Waals surface area contributed by atoms with Crippen LogP contribution in [0.5, 0.6) is 0 Å². The van der Waals surface area contributed by atoms with Gasteiger partial charge in [0, 0.05) is 30.7 Å². The summed E-state index contributed by atoms with van der Waals surface area (Å²) in [6.45, 7) is 4.04. The Balaban J connectivity index is 1.37. The smallest absolute Gasteiger partial charge is 0.317 e. The molecule has 2 aromatic rings. The molecule has 26 heavy (non-hydrogen) atoms. The molecule has 3 heterocycles. The van der Waals surface area contributed by atoms with E-state index in [0.29, 0.717) is 25.3 Å². The van der Waals surface area contributed by atoms with Crippen molar-refractivity contribution in [2.75, 3.05) is 19.6 Å². The van der Waals surface area contributed by atoms with Crippen molar-refractivity contribution in [3.05, 3.63) is 46.2 Å². The highest BCUT2D eigenvalue weighted by Crippen LogP contribution is 2.29. The van der Waals surface area contributed by atoms with Crippen LogP contribution in [0, 0.1) is 12.8 Å². The van der Waals surface area contributed by atoms with E-state index in [1.807, 2.05) is 35.5 Å². The van der Waals surface area contributed by atoms with Gasteiger partial charge in [-0.25, -0.2) is 9.78 Å². The van der Waals surface area contributed by atoms with Crippen LogP contribution in [-0.4, -0.2) is 45.6 Å². The number of piperidine rings is 1. The molecule has 1 atom stereocenters. The molecular weight excluding hydrogens is 348 g/mol. The lowest BCUT2D eigenvalue weighted by molar-refractivity contribution is 0.0636. The van der Waals surface area contributed by atoms with Crippen molar-refractivity contribution in [3.8, 4) is 0 Å². The van der Waals surface area contributed by atoms with Gasteiger partial charge in [-0.2, -0.15) is 0 Å². The Hall–Kier alpha value is -1.99. The van der Waals surface area contributed by atoms with E-state index in [1.54, 1.807) is 17.5 Å². The number of nitrogens with one attached hydrogen (secondary N) is 1. The van der Waals surface area contributed by atoms with Gasteiger partial charge in [0.05, 0.1) is 23.0 Å². The maximum atomic E-state index is 12.3. The first-order valence-corrected chi connectivity index (χ1v) is 10.0. The predicted octanol–water partition coefficient (Wildman–Crippen LogP) is 2.93. The first kappa shape index (κ1) is 18.8. The average molecular weight is 375 g/mol. The molecule has 0 aliphatic carbocycles. The first-order valence-electron chi connectivity index (χ1n) is 9.16. The highest BCUT2D eigenvalue weighted by molar-refractivity contribution is 7.09. The number of aryl methyl sites for hydroxylation is 2. The molecule has 7 heteroatoms. The highest BCUT2D eigenvalue weighted by atomic mass is 32.1. The van der Waals surface area contributed by atoms with Crippen LogP contribution >= 0.6 is 11.3 Å². The summed E-state index contributed by atoms with van der Waals surface area (Å²) in [5.74, 6) is 0.156. The first-order chi connectivity index (χ1) is 12.6. The summed E-state index contributed by atoms with van der Waals surface area (Å²) in [4.78, 5) is 23.9. The molecule has 2 N–H and O–H groups in total. The fourth-order valence-electron chi connectivity index (χ4n) is 3.33. The third-order valence-electron chi connectivity index (χ3n) is 4.97. The number of likely N-dealkylation sites (tertiary alicyclic amines) is 1. The summed E-state index contributed by atoms with van der Waals surface area (Å²) >= 11 is 1.67. The molecule has 140 valence electrons. The number of pyridine rings is 1. The van der Waals surface area contributed by atoms with Crippen molar-refractivity contribution in [2.45, 2.75) is 38.7 Å². The number of amides is 2. The second kappa shape index (κ2) is 9.09. The summed E-state index contributed by atoms with van der Waals surface area (Å²) in [6, 6.07) is 5.59. The second-order valence-corrected chi connectivity index (χ2v) is 7.66. The van der Waals surface area contributed by atoms with E-state index in [1.165, 1.54) is 4.88 Å². The van der Waals surface area contributed by atoms with Crippen LogP contribution in [0.3, 0.4) is 0 Å². The van der Waals surface area contributed by atoms with E-state index >= 15 is 0 Å². The van der Waals surface area contributed by atoms with Crippen LogP contribution in [-0.2, 0) is 6.42 Å². The van der Waals surface area contributed by atoms with Crippen LogP contribution in [0.2, 0.25) is 0 Å². The van der Waals surface area contributed by atoms with E-state index in [2.05, 4.69) is 15.3 Å². The van der Waals surface area contributed by atoms with Crippen LogP contribution in [0.15, 0.2) is 29.9 Å². The molecule has 1 aliphatic heterocycles. The zero-order chi connectivity index (χ0) is 18.4. The number of urea groups is 1. The van der Waals surface area contributed by atoms with E-state index in [9.17, 15) is 9.90 Å². The van der Waals surface area contributed by atoms with Gasteiger partial charge < -0.3 is 15.3 Å². The quantitative estimate of drug-likeness (QED) is 0.762. The molecule has 0 bridgehead atoms. The number of hydrogen-bond acceptors (Lipinski definition) is 5. The summed E-state index contributed by atoms with van der Waals surface area (Å²) in [5, 5.41) is 13.5. The molecule has 1 aliphatic rings. The number of nitrogens with zero attached hydrogens (tertiary/aromatic N) is 3. The highest BCUT2D eigenvalue weighted by Gasteiger charge is 2.28. The number of rotatable bonds is 6. The Labute approximate surface area is 158 Å². The molecule has 0 saturated carbocycles. The summed E-state index contributed by atoms with van der Waals surface area (Å²) in [5.41, 5.74) is 3.68. The Morgan fingerprint density at radius 1 is 1.38 bits per heavy atom. The van der Waals surface area contributed by atoms with Crippen molar-refractivity contribution >= 4 is 17.4 Å². The van der Waals surface area contributed by atoms with Gasteiger partial charge in [-0.15, -0.1) is 11.3 Å². The number of aromatic nitrogens is 2. The fraction of sp³-hybridized carbons (Fsp3) is 0.526. The van der Waals surface area contributed by atoms with E-state index in [-0.39, 0.29) is 11.9 Å². The molecule has 6 nitrogen and oxygen atoms in total. The molecule has 1 fully saturated rings. The normalized spacial score (nSPS) is 16.5. The number of carbonyl (C=O) groups excluding carboxylic acids is 1. The largest absolute Gasteiger partial charge is 0.387 e. The molecule has 0 radical (unpaired) electrons. The minimum absolute atomic E-state index is 0.00296. The van der Waals surface area contributed by atoms with Crippen molar-refractivity contribution in [2.24, 2.45) is 5.92 Å². The van der Waals surface area contributed by atoms with Crippen molar-refractivity contribution in [1.82, 2.24) is 20.2 Å². The number of carbonyl (C=O) groups is 1. The molecule has 2 amide bonds. The van der Waals surface area contributed by atoms with Gasteiger partial charge in [0.15, 0.2) is 0 Å². The minimum atomic E-state index is -0.552. The molecule has 0 aromatic carbocycles. The third kappa shape index (κ3) is 4.80. The molecule has 0 spiro atoms. The van der Waals surface area contributed by atoms with Crippen LogP contribution in [0.4, 0.5) is 4.79 Å².